The molecule has 1 aliphatic rings. The number of hydrogen-bond donors (Lipinski definition) is 1. The van der Waals surface area contributed by atoms with Crippen molar-refractivity contribution in [2.45, 2.75) is 19.6 Å². The fraction of sp³-hybridized carbons (Fsp3) is 0.176. The lowest BCUT2D eigenvalue weighted by molar-refractivity contribution is -0.385. The average Bonchev–Trinajstić information content (AvgIpc) is 2.53. The molecule has 0 radical (unpaired) electrons. The first kappa shape index (κ1) is 17.2. The van der Waals surface area contributed by atoms with Gasteiger partial charge in [-0.05, 0) is 24.3 Å². The van der Waals surface area contributed by atoms with E-state index in [9.17, 15) is 19.7 Å². The highest BCUT2D eigenvalue weighted by atomic mass is 16.7. The minimum atomic E-state index is -1.31. The second-order valence-electron chi connectivity index (χ2n) is 5.87. The maximum atomic E-state index is 12.3. The summed E-state index contributed by atoms with van der Waals surface area (Å²) in [5.41, 5.74) is -0.819. The number of carboxylic acid groups (broad SMARTS) is 1. The summed E-state index contributed by atoms with van der Waals surface area (Å²) >= 11 is 0. The van der Waals surface area contributed by atoms with Crippen molar-refractivity contribution in [3.8, 4) is 17.2 Å². The number of nitrogens with zero attached hydrogens (tertiary/aromatic N) is 1. The van der Waals surface area contributed by atoms with Crippen molar-refractivity contribution in [2.24, 2.45) is 0 Å². The summed E-state index contributed by atoms with van der Waals surface area (Å²) in [6.07, 6.45) is 0. The highest BCUT2D eigenvalue weighted by Crippen LogP contribution is 2.40. The Morgan fingerprint density at radius 1 is 1.19 bits per heavy atom. The van der Waals surface area contributed by atoms with Crippen LogP contribution in [0.2, 0.25) is 0 Å². The maximum absolute atomic E-state index is 12.3. The normalized spacial score (nSPS) is 14.6. The van der Waals surface area contributed by atoms with Crippen molar-refractivity contribution in [1.29, 1.82) is 0 Å². The number of cyclic esters (lactones) is 1. The fourth-order valence-electron chi connectivity index (χ4n) is 2.44. The van der Waals surface area contributed by atoms with Crippen molar-refractivity contribution in [1.82, 2.24) is 0 Å². The van der Waals surface area contributed by atoms with Crippen LogP contribution in [0.4, 0.5) is 5.69 Å². The van der Waals surface area contributed by atoms with Crippen molar-refractivity contribution in [3.63, 3.8) is 0 Å². The summed E-state index contributed by atoms with van der Waals surface area (Å²) in [7, 11) is 0. The van der Waals surface area contributed by atoms with Crippen LogP contribution in [0.25, 0.3) is 0 Å². The first-order valence-electron chi connectivity index (χ1n) is 7.43. The number of ether oxygens (including phenoxy) is 3. The molecule has 9 nitrogen and oxygen atoms in total. The van der Waals surface area contributed by atoms with Gasteiger partial charge in [0.05, 0.1) is 10.5 Å². The van der Waals surface area contributed by atoms with Crippen LogP contribution in [0, 0.1) is 10.1 Å². The predicted molar refractivity (Wildman–Crippen MR) is 86.7 cm³/mol. The molecule has 2 aromatic carbocycles. The second kappa shape index (κ2) is 6.03. The van der Waals surface area contributed by atoms with E-state index >= 15 is 0 Å². The molecule has 0 atom stereocenters. The molecule has 26 heavy (non-hydrogen) atoms. The molecule has 0 fully saturated rings. The number of esters is 1. The smallest absolute Gasteiger partial charge is 0.349 e. The Morgan fingerprint density at radius 3 is 2.58 bits per heavy atom. The zero-order chi connectivity index (χ0) is 19.1. The minimum absolute atomic E-state index is 0.00539. The van der Waals surface area contributed by atoms with Gasteiger partial charge in [-0.25, -0.2) is 9.59 Å². The van der Waals surface area contributed by atoms with E-state index in [1.54, 1.807) is 26.0 Å². The summed E-state index contributed by atoms with van der Waals surface area (Å²) in [6, 6.07) is 7.73. The number of aromatic carboxylic acids is 1. The number of rotatable bonds is 4. The van der Waals surface area contributed by atoms with Crippen LogP contribution in [0.15, 0.2) is 36.4 Å². The first-order chi connectivity index (χ1) is 12.2. The number of carbonyl (C=O) groups excluding carboxylic acids is 1. The van der Waals surface area contributed by atoms with Gasteiger partial charge in [0.15, 0.2) is 0 Å². The molecule has 1 N–H and O–H groups in total. The maximum Gasteiger partial charge on any atom is 0.349 e. The van der Waals surface area contributed by atoms with E-state index in [-0.39, 0.29) is 28.4 Å². The zero-order valence-electron chi connectivity index (χ0n) is 13.7. The van der Waals surface area contributed by atoms with Crippen molar-refractivity contribution >= 4 is 17.6 Å². The molecule has 0 saturated heterocycles. The molecule has 0 spiro atoms. The summed E-state index contributed by atoms with van der Waals surface area (Å²) in [5, 5.41) is 20.2. The van der Waals surface area contributed by atoms with E-state index in [0.29, 0.717) is 0 Å². The van der Waals surface area contributed by atoms with Crippen LogP contribution >= 0.6 is 0 Å². The average molecular weight is 359 g/mol. The third-order valence-electron chi connectivity index (χ3n) is 3.51. The molecule has 1 aliphatic heterocycles. The first-order valence-corrected chi connectivity index (χ1v) is 7.43. The van der Waals surface area contributed by atoms with Gasteiger partial charge in [0.1, 0.15) is 17.1 Å². The number of nitro benzene ring substituents is 1. The van der Waals surface area contributed by atoms with Crippen molar-refractivity contribution < 1.29 is 33.8 Å². The van der Waals surface area contributed by atoms with Crippen LogP contribution in [0.1, 0.15) is 34.6 Å². The number of benzene rings is 2. The standard InChI is InChI=1S/C17H13NO8/c1-17(2)25-13-5-3-4-12(14(13)16(21)26-17)24-11-7-6-9(15(19)20)8-10(11)18(22)23/h3-8H,1-2H3,(H,19,20). The monoisotopic (exact) mass is 359 g/mol. The molecule has 134 valence electrons. The van der Waals surface area contributed by atoms with Gasteiger partial charge >= 0.3 is 17.6 Å². The quantitative estimate of drug-likeness (QED) is 0.500. The van der Waals surface area contributed by atoms with Crippen molar-refractivity contribution in [2.75, 3.05) is 0 Å². The third kappa shape index (κ3) is 3.14. The van der Waals surface area contributed by atoms with E-state index in [1.807, 2.05) is 0 Å². The molecule has 1 heterocycles. The van der Waals surface area contributed by atoms with Gasteiger partial charge < -0.3 is 19.3 Å². The van der Waals surface area contributed by atoms with Crippen LogP contribution in [-0.4, -0.2) is 27.8 Å². The summed E-state index contributed by atoms with van der Waals surface area (Å²) in [4.78, 5) is 33.8. The molecule has 2 aromatic rings. The van der Waals surface area contributed by atoms with Crippen LogP contribution < -0.4 is 9.47 Å². The number of nitro groups is 1. The third-order valence-corrected chi connectivity index (χ3v) is 3.51. The van der Waals surface area contributed by atoms with E-state index in [1.165, 1.54) is 6.07 Å². The lowest BCUT2D eigenvalue weighted by atomic mass is 10.1. The number of carboxylic acids is 1. The second-order valence-corrected chi connectivity index (χ2v) is 5.87. The SMILES string of the molecule is CC1(C)OC(=O)c2c(Oc3ccc(C(=O)O)cc3[N+](=O)[O-])cccc2O1. The van der Waals surface area contributed by atoms with E-state index in [4.69, 9.17) is 19.3 Å². The minimum Gasteiger partial charge on any atom is -0.478 e. The molecule has 0 amide bonds. The molecule has 3 rings (SSSR count). The van der Waals surface area contributed by atoms with Crippen LogP contribution in [-0.2, 0) is 4.74 Å². The van der Waals surface area contributed by atoms with Crippen LogP contribution in [0.3, 0.4) is 0 Å². The van der Waals surface area contributed by atoms with Gasteiger partial charge in [-0.15, -0.1) is 0 Å². The Hall–Kier alpha value is -3.62. The Labute approximate surface area is 146 Å². The zero-order valence-corrected chi connectivity index (χ0v) is 13.7. The Morgan fingerprint density at radius 2 is 1.92 bits per heavy atom. The van der Waals surface area contributed by atoms with Gasteiger partial charge in [0.25, 0.3) is 0 Å². The molecule has 0 saturated carbocycles. The largest absolute Gasteiger partial charge is 0.478 e. The molecular formula is C17H13NO8. The summed E-state index contributed by atoms with van der Waals surface area (Å²) in [5.74, 6) is -3.17. The van der Waals surface area contributed by atoms with Crippen molar-refractivity contribution in [3.05, 3.63) is 57.6 Å². The van der Waals surface area contributed by atoms with Gasteiger partial charge in [0, 0.05) is 19.9 Å². The highest BCUT2D eigenvalue weighted by Gasteiger charge is 2.36. The molecule has 0 aliphatic carbocycles. The summed E-state index contributed by atoms with van der Waals surface area (Å²) < 4.78 is 16.2. The Balaban J connectivity index is 2.05. The lowest BCUT2D eigenvalue weighted by Crippen LogP contribution is -2.38. The Bertz CT molecular complexity index is 934. The Kier molecular flexibility index (Phi) is 3.99. The van der Waals surface area contributed by atoms with E-state index in [0.717, 1.165) is 18.2 Å². The molecule has 0 aromatic heterocycles. The van der Waals surface area contributed by atoms with E-state index < -0.39 is 28.3 Å². The molecule has 0 unspecified atom stereocenters. The number of carbonyl (C=O) groups is 2. The number of fused-ring (bicyclic) bond motifs is 1. The van der Waals surface area contributed by atoms with E-state index in [2.05, 4.69) is 0 Å². The van der Waals surface area contributed by atoms with Gasteiger partial charge in [-0.3, -0.25) is 10.1 Å². The number of hydrogen-bond acceptors (Lipinski definition) is 7. The fourth-order valence-corrected chi connectivity index (χ4v) is 2.44. The predicted octanol–water partition coefficient (Wildman–Crippen LogP) is 3.37. The topological polar surface area (TPSA) is 125 Å². The molecule has 0 bridgehead atoms. The van der Waals surface area contributed by atoms with Crippen LogP contribution in [0.5, 0.6) is 17.2 Å². The van der Waals surface area contributed by atoms with Gasteiger partial charge in [-0.1, -0.05) is 6.07 Å². The highest BCUT2D eigenvalue weighted by molar-refractivity contribution is 5.97. The molecule has 9 heteroatoms. The van der Waals surface area contributed by atoms with Gasteiger partial charge in [-0.2, -0.15) is 0 Å². The van der Waals surface area contributed by atoms with Gasteiger partial charge in [0.2, 0.25) is 11.5 Å². The molecular weight excluding hydrogens is 346 g/mol. The lowest BCUT2D eigenvalue weighted by Gasteiger charge is -2.32. The summed E-state index contributed by atoms with van der Waals surface area (Å²) in [6.45, 7) is 3.13.